The molecule has 4 heteroatoms. The zero-order valence-corrected chi connectivity index (χ0v) is 8.57. The van der Waals surface area contributed by atoms with Gasteiger partial charge >= 0.3 is 0 Å². The SMILES string of the molecule is Cl.O=C(CNCCl)c1ccccc1. The molecule has 0 fully saturated rings. The van der Waals surface area contributed by atoms with Crippen molar-refractivity contribution in [3.8, 4) is 0 Å². The summed E-state index contributed by atoms with van der Waals surface area (Å²) in [7, 11) is 0. The number of hydrogen-bond donors (Lipinski definition) is 1. The Morgan fingerprint density at radius 1 is 1.31 bits per heavy atom. The van der Waals surface area contributed by atoms with Crippen LogP contribution in [0.3, 0.4) is 0 Å². The summed E-state index contributed by atoms with van der Waals surface area (Å²) in [4.78, 5) is 11.3. The van der Waals surface area contributed by atoms with Crippen LogP contribution in [0, 0.1) is 0 Å². The van der Waals surface area contributed by atoms with Gasteiger partial charge in [0.2, 0.25) is 0 Å². The molecule has 2 nitrogen and oxygen atoms in total. The van der Waals surface area contributed by atoms with Crippen LogP contribution >= 0.6 is 24.0 Å². The molecule has 1 N–H and O–H groups in total. The van der Waals surface area contributed by atoms with E-state index in [2.05, 4.69) is 5.32 Å². The molecule has 0 spiro atoms. The van der Waals surface area contributed by atoms with Crippen molar-refractivity contribution in [1.29, 1.82) is 0 Å². The van der Waals surface area contributed by atoms with Crippen molar-refractivity contribution < 1.29 is 4.79 Å². The Kier molecular flexibility index (Phi) is 6.59. The highest BCUT2D eigenvalue weighted by atomic mass is 35.5. The standard InChI is InChI=1S/C9H10ClNO.ClH/c10-7-11-6-9(12)8-4-2-1-3-5-8;/h1-5,11H,6-7H2;1H. The van der Waals surface area contributed by atoms with Gasteiger partial charge in [-0.3, -0.25) is 10.1 Å². The molecule has 1 aromatic carbocycles. The quantitative estimate of drug-likeness (QED) is 0.478. The van der Waals surface area contributed by atoms with Crippen LogP contribution in [0.2, 0.25) is 0 Å². The van der Waals surface area contributed by atoms with Crippen molar-refractivity contribution in [2.24, 2.45) is 0 Å². The van der Waals surface area contributed by atoms with Crippen LogP contribution in [0.4, 0.5) is 0 Å². The molecule has 0 radical (unpaired) electrons. The minimum Gasteiger partial charge on any atom is -0.297 e. The van der Waals surface area contributed by atoms with Gasteiger partial charge in [-0.15, -0.1) is 24.0 Å². The van der Waals surface area contributed by atoms with Crippen molar-refractivity contribution in [1.82, 2.24) is 5.32 Å². The molecule has 0 aliphatic rings. The van der Waals surface area contributed by atoms with Crippen LogP contribution in [0.5, 0.6) is 0 Å². The van der Waals surface area contributed by atoms with Crippen molar-refractivity contribution in [2.75, 3.05) is 12.5 Å². The van der Waals surface area contributed by atoms with E-state index in [1.54, 1.807) is 12.1 Å². The molecular weight excluding hydrogens is 209 g/mol. The van der Waals surface area contributed by atoms with E-state index >= 15 is 0 Å². The summed E-state index contributed by atoms with van der Waals surface area (Å²) in [5.41, 5.74) is 0.718. The first-order valence-electron chi connectivity index (χ1n) is 3.69. The van der Waals surface area contributed by atoms with Gasteiger partial charge in [0.15, 0.2) is 5.78 Å². The number of nitrogens with one attached hydrogen (secondary N) is 1. The summed E-state index contributed by atoms with van der Waals surface area (Å²) in [5.74, 6) is 0.0660. The van der Waals surface area contributed by atoms with Gasteiger partial charge in [0, 0.05) is 5.56 Å². The average molecular weight is 220 g/mol. The van der Waals surface area contributed by atoms with Crippen LogP contribution in [0.1, 0.15) is 10.4 Å². The Hall–Kier alpha value is -0.570. The minimum atomic E-state index is 0. The lowest BCUT2D eigenvalue weighted by atomic mass is 10.1. The Morgan fingerprint density at radius 3 is 2.46 bits per heavy atom. The fourth-order valence-corrected chi connectivity index (χ4v) is 0.981. The third-order valence-corrected chi connectivity index (χ3v) is 1.66. The van der Waals surface area contributed by atoms with Crippen molar-refractivity contribution in [2.45, 2.75) is 0 Å². The second-order valence-electron chi connectivity index (χ2n) is 2.35. The topological polar surface area (TPSA) is 29.1 Å². The van der Waals surface area contributed by atoms with Crippen molar-refractivity contribution in [3.63, 3.8) is 0 Å². The van der Waals surface area contributed by atoms with E-state index in [1.165, 1.54) is 0 Å². The van der Waals surface area contributed by atoms with Crippen LogP contribution in [-0.4, -0.2) is 18.3 Å². The number of hydrogen-bond acceptors (Lipinski definition) is 2. The Labute approximate surface area is 88.7 Å². The highest BCUT2D eigenvalue weighted by molar-refractivity contribution is 6.17. The second-order valence-corrected chi connectivity index (χ2v) is 2.62. The number of ketones is 1. The van der Waals surface area contributed by atoms with Gasteiger partial charge in [-0.2, -0.15) is 0 Å². The number of halogens is 2. The van der Waals surface area contributed by atoms with E-state index < -0.39 is 0 Å². The number of carbonyl (C=O) groups excluding carboxylic acids is 1. The van der Waals surface area contributed by atoms with Gasteiger partial charge in [0.05, 0.1) is 12.5 Å². The highest BCUT2D eigenvalue weighted by Crippen LogP contribution is 1.98. The lowest BCUT2D eigenvalue weighted by Gasteiger charge is -1.99. The molecule has 72 valence electrons. The highest BCUT2D eigenvalue weighted by Gasteiger charge is 2.02. The molecule has 0 atom stereocenters. The first-order valence-corrected chi connectivity index (χ1v) is 4.23. The number of carbonyl (C=O) groups is 1. The molecule has 0 saturated carbocycles. The van der Waals surface area contributed by atoms with Crippen molar-refractivity contribution >= 4 is 29.8 Å². The maximum atomic E-state index is 11.3. The Balaban J connectivity index is 0.00000144. The molecule has 13 heavy (non-hydrogen) atoms. The minimum absolute atomic E-state index is 0. The molecule has 0 aliphatic heterocycles. The summed E-state index contributed by atoms with van der Waals surface area (Å²) in [6.45, 7) is 0.299. The summed E-state index contributed by atoms with van der Waals surface area (Å²) in [6, 6.07) is 9.45. The van der Waals surface area contributed by atoms with E-state index in [0.717, 1.165) is 5.56 Å². The largest absolute Gasteiger partial charge is 0.297 e. The first kappa shape index (κ1) is 12.4. The first-order chi connectivity index (χ1) is 5.84. The maximum absolute atomic E-state index is 11.3. The fourth-order valence-electron chi connectivity index (χ4n) is 0.887. The van der Waals surface area contributed by atoms with Gasteiger partial charge in [-0.1, -0.05) is 30.3 Å². The van der Waals surface area contributed by atoms with Gasteiger partial charge in [0.1, 0.15) is 0 Å². The summed E-state index contributed by atoms with van der Waals surface area (Å²) < 4.78 is 0. The molecule has 1 aromatic rings. The van der Waals surface area contributed by atoms with E-state index in [4.69, 9.17) is 11.6 Å². The number of rotatable bonds is 4. The zero-order valence-electron chi connectivity index (χ0n) is 7.00. The summed E-state index contributed by atoms with van der Waals surface area (Å²) in [5, 5.41) is 2.76. The molecule has 0 unspecified atom stereocenters. The lowest BCUT2D eigenvalue weighted by Crippen LogP contribution is -2.21. The van der Waals surface area contributed by atoms with Gasteiger partial charge in [-0.05, 0) is 0 Å². The van der Waals surface area contributed by atoms with Gasteiger partial charge in [-0.25, -0.2) is 0 Å². The van der Waals surface area contributed by atoms with Crippen LogP contribution in [0.25, 0.3) is 0 Å². The smallest absolute Gasteiger partial charge is 0.176 e. The average Bonchev–Trinajstić information content (AvgIpc) is 2.15. The van der Waals surface area contributed by atoms with E-state index in [0.29, 0.717) is 12.5 Å². The number of benzene rings is 1. The summed E-state index contributed by atoms with van der Waals surface area (Å²) in [6.07, 6.45) is 0. The monoisotopic (exact) mass is 219 g/mol. The molecule has 0 aromatic heterocycles. The zero-order chi connectivity index (χ0) is 8.81. The van der Waals surface area contributed by atoms with Crippen molar-refractivity contribution in [3.05, 3.63) is 35.9 Å². The lowest BCUT2D eigenvalue weighted by molar-refractivity contribution is 0.0993. The fraction of sp³-hybridized carbons (Fsp3) is 0.222. The Morgan fingerprint density at radius 2 is 1.92 bits per heavy atom. The number of alkyl halides is 1. The van der Waals surface area contributed by atoms with Crippen LogP contribution in [0.15, 0.2) is 30.3 Å². The van der Waals surface area contributed by atoms with Gasteiger partial charge < -0.3 is 0 Å². The molecule has 0 aliphatic carbocycles. The normalized spacial score (nSPS) is 9.00. The van der Waals surface area contributed by atoms with E-state index in [1.807, 2.05) is 18.2 Å². The predicted molar refractivity (Wildman–Crippen MR) is 56.7 cm³/mol. The molecule has 0 saturated heterocycles. The van der Waals surface area contributed by atoms with E-state index in [-0.39, 0.29) is 18.2 Å². The van der Waals surface area contributed by atoms with Crippen LogP contribution < -0.4 is 5.32 Å². The maximum Gasteiger partial charge on any atom is 0.176 e. The third-order valence-electron chi connectivity index (χ3n) is 1.48. The molecule has 0 heterocycles. The predicted octanol–water partition coefficient (Wildman–Crippen LogP) is 2.08. The molecule has 1 rings (SSSR count). The molecular formula is C9H11Cl2NO. The van der Waals surface area contributed by atoms with E-state index in [9.17, 15) is 4.79 Å². The molecule has 0 bridgehead atoms. The van der Waals surface area contributed by atoms with Gasteiger partial charge in [0.25, 0.3) is 0 Å². The second kappa shape index (κ2) is 6.89. The third kappa shape index (κ3) is 4.27. The van der Waals surface area contributed by atoms with Crippen LogP contribution in [-0.2, 0) is 0 Å². The number of Topliss-reactive ketones (excluding diaryl/α,β-unsaturated/α-hetero) is 1. The summed E-state index contributed by atoms with van der Waals surface area (Å²) >= 11 is 5.37. The Bertz CT molecular complexity index is 251. The molecule has 0 amide bonds.